The van der Waals surface area contributed by atoms with E-state index in [4.69, 9.17) is 5.73 Å². The van der Waals surface area contributed by atoms with Gasteiger partial charge in [-0.15, -0.1) is 0 Å². The second kappa shape index (κ2) is 7.17. The highest BCUT2D eigenvalue weighted by Gasteiger charge is 2.19. The molecule has 1 heterocycles. The van der Waals surface area contributed by atoms with Gasteiger partial charge in [-0.2, -0.15) is 23.5 Å². The maximum atomic E-state index is 12.2. The van der Waals surface area contributed by atoms with Crippen LogP contribution in [0, 0.1) is 0 Å². The van der Waals surface area contributed by atoms with E-state index in [-0.39, 0.29) is 6.04 Å². The molecule has 0 aromatic heterocycles. The zero-order chi connectivity index (χ0) is 14.6. The van der Waals surface area contributed by atoms with Gasteiger partial charge >= 0.3 is 0 Å². The van der Waals surface area contributed by atoms with Gasteiger partial charge in [0, 0.05) is 35.1 Å². The molecule has 3 N–H and O–H groups in total. The van der Waals surface area contributed by atoms with Gasteiger partial charge in [0.25, 0.3) is 0 Å². The molecule has 4 nitrogen and oxygen atoms in total. The lowest BCUT2D eigenvalue weighted by Gasteiger charge is -2.21. The third-order valence-electron chi connectivity index (χ3n) is 3.10. The van der Waals surface area contributed by atoms with Crippen molar-refractivity contribution in [1.29, 1.82) is 0 Å². The molecule has 1 aromatic rings. The molecule has 0 radical (unpaired) electrons. The van der Waals surface area contributed by atoms with Crippen molar-refractivity contribution >= 4 is 33.5 Å². The molecular formula is C13H20N2O2S3. The summed E-state index contributed by atoms with van der Waals surface area (Å²) in [5.41, 5.74) is 6.69. The van der Waals surface area contributed by atoms with Crippen LogP contribution in [0.1, 0.15) is 18.5 Å². The average Bonchev–Trinajstić information content (AvgIpc) is 2.46. The summed E-state index contributed by atoms with van der Waals surface area (Å²) >= 11 is 3.73. The molecule has 1 fully saturated rings. The van der Waals surface area contributed by atoms with Crippen molar-refractivity contribution in [3.63, 3.8) is 0 Å². The number of hydrogen-bond donors (Lipinski definition) is 2. The second-order valence-corrected chi connectivity index (χ2v) is 9.10. The van der Waals surface area contributed by atoms with Crippen LogP contribution in [0.25, 0.3) is 0 Å². The fraction of sp³-hybridized carbons (Fsp3) is 0.538. The van der Waals surface area contributed by atoms with Gasteiger partial charge in [-0.3, -0.25) is 0 Å². The zero-order valence-electron chi connectivity index (χ0n) is 11.4. The van der Waals surface area contributed by atoms with Gasteiger partial charge < -0.3 is 5.73 Å². The van der Waals surface area contributed by atoms with E-state index in [0.717, 1.165) is 22.8 Å². The Bertz CT molecular complexity index is 523. The average molecular weight is 333 g/mol. The summed E-state index contributed by atoms with van der Waals surface area (Å²) in [6, 6.07) is 6.68. The molecule has 2 atom stereocenters. The lowest BCUT2D eigenvalue weighted by Crippen LogP contribution is -2.33. The van der Waals surface area contributed by atoms with Crippen LogP contribution in [-0.2, 0) is 10.0 Å². The fourth-order valence-corrected chi connectivity index (χ4v) is 5.69. The standard InChI is InChI=1S/C13H20N2O2S3/c1-10(14)11-2-4-13(5-3-11)20(16,17)15-8-12-9-18-6-7-19-12/h2-5,10,12,15H,6-9,14H2,1H3. The Labute approximate surface area is 129 Å². The molecular weight excluding hydrogens is 312 g/mol. The predicted molar refractivity (Wildman–Crippen MR) is 87.8 cm³/mol. The first-order chi connectivity index (χ1) is 9.49. The molecule has 2 rings (SSSR count). The summed E-state index contributed by atoms with van der Waals surface area (Å²) in [5.74, 6) is 3.27. The summed E-state index contributed by atoms with van der Waals surface area (Å²) in [6.07, 6.45) is 0. The van der Waals surface area contributed by atoms with Crippen LogP contribution >= 0.6 is 23.5 Å². The lowest BCUT2D eigenvalue weighted by atomic mass is 10.1. The van der Waals surface area contributed by atoms with E-state index in [1.165, 1.54) is 0 Å². The molecule has 0 bridgehead atoms. The molecule has 2 unspecified atom stereocenters. The van der Waals surface area contributed by atoms with Gasteiger partial charge in [0.05, 0.1) is 4.90 Å². The Hall–Kier alpha value is -0.210. The molecule has 20 heavy (non-hydrogen) atoms. The van der Waals surface area contributed by atoms with Crippen molar-refractivity contribution in [1.82, 2.24) is 4.72 Å². The first-order valence-electron chi connectivity index (χ1n) is 6.53. The maximum absolute atomic E-state index is 12.2. The molecule has 0 saturated carbocycles. The van der Waals surface area contributed by atoms with E-state index in [1.54, 1.807) is 24.3 Å². The topological polar surface area (TPSA) is 72.2 Å². The first-order valence-corrected chi connectivity index (χ1v) is 10.2. The van der Waals surface area contributed by atoms with Gasteiger partial charge in [-0.1, -0.05) is 12.1 Å². The summed E-state index contributed by atoms with van der Waals surface area (Å²) in [6.45, 7) is 2.37. The van der Waals surface area contributed by atoms with Gasteiger partial charge in [0.1, 0.15) is 0 Å². The van der Waals surface area contributed by atoms with E-state index in [9.17, 15) is 8.42 Å². The van der Waals surface area contributed by atoms with Crippen molar-refractivity contribution in [3.8, 4) is 0 Å². The molecule has 1 aliphatic heterocycles. The molecule has 1 aromatic carbocycles. The predicted octanol–water partition coefficient (Wildman–Crippen LogP) is 1.83. The fourth-order valence-electron chi connectivity index (χ4n) is 1.89. The van der Waals surface area contributed by atoms with Crippen LogP contribution in [-0.4, -0.2) is 37.5 Å². The van der Waals surface area contributed by atoms with Crippen LogP contribution in [0.3, 0.4) is 0 Å². The largest absolute Gasteiger partial charge is 0.324 e. The SMILES string of the molecule is CC(N)c1ccc(S(=O)(=O)NCC2CSCCS2)cc1. The number of sulfonamides is 1. The van der Waals surface area contributed by atoms with Crippen LogP contribution in [0.15, 0.2) is 29.2 Å². The molecule has 112 valence electrons. The van der Waals surface area contributed by atoms with Crippen molar-refractivity contribution in [2.24, 2.45) is 5.73 Å². The summed E-state index contributed by atoms with van der Waals surface area (Å²) in [4.78, 5) is 0.301. The monoisotopic (exact) mass is 332 g/mol. The molecule has 0 aliphatic carbocycles. The van der Waals surface area contributed by atoms with Gasteiger partial charge in [-0.05, 0) is 24.6 Å². The van der Waals surface area contributed by atoms with Crippen molar-refractivity contribution in [3.05, 3.63) is 29.8 Å². The zero-order valence-corrected chi connectivity index (χ0v) is 13.9. The minimum Gasteiger partial charge on any atom is -0.324 e. The van der Waals surface area contributed by atoms with Crippen LogP contribution in [0.5, 0.6) is 0 Å². The smallest absolute Gasteiger partial charge is 0.240 e. The maximum Gasteiger partial charge on any atom is 0.240 e. The first kappa shape index (κ1) is 16.2. The van der Waals surface area contributed by atoms with Crippen LogP contribution in [0.4, 0.5) is 0 Å². The summed E-state index contributed by atoms with van der Waals surface area (Å²) < 4.78 is 27.1. The van der Waals surface area contributed by atoms with Gasteiger partial charge in [-0.25, -0.2) is 13.1 Å². The van der Waals surface area contributed by atoms with Crippen LogP contribution < -0.4 is 10.5 Å². The van der Waals surface area contributed by atoms with E-state index in [1.807, 2.05) is 30.4 Å². The normalized spacial score (nSPS) is 21.6. The van der Waals surface area contributed by atoms with E-state index >= 15 is 0 Å². The van der Waals surface area contributed by atoms with E-state index in [2.05, 4.69) is 4.72 Å². The quantitative estimate of drug-likeness (QED) is 0.861. The summed E-state index contributed by atoms with van der Waals surface area (Å²) in [5, 5.41) is 0.367. The number of nitrogens with two attached hydrogens (primary N) is 1. The van der Waals surface area contributed by atoms with Crippen molar-refractivity contribution in [2.45, 2.75) is 23.1 Å². The molecule has 0 spiro atoms. The van der Waals surface area contributed by atoms with E-state index < -0.39 is 10.0 Å². The third-order valence-corrected chi connectivity index (χ3v) is 7.39. The minimum atomic E-state index is -3.42. The number of benzene rings is 1. The van der Waals surface area contributed by atoms with Crippen molar-refractivity contribution < 1.29 is 8.42 Å². The Morgan fingerprint density at radius 1 is 1.35 bits per heavy atom. The highest BCUT2D eigenvalue weighted by molar-refractivity contribution is 8.06. The number of nitrogens with one attached hydrogen (secondary N) is 1. The van der Waals surface area contributed by atoms with Gasteiger partial charge in [0.15, 0.2) is 0 Å². The Kier molecular flexibility index (Phi) is 5.80. The molecule has 7 heteroatoms. The van der Waals surface area contributed by atoms with Crippen LogP contribution in [0.2, 0.25) is 0 Å². The molecule has 1 aliphatic rings. The Morgan fingerprint density at radius 3 is 2.60 bits per heavy atom. The highest BCUT2D eigenvalue weighted by Crippen LogP contribution is 2.23. The Morgan fingerprint density at radius 2 is 2.05 bits per heavy atom. The number of rotatable bonds is 5. The highest BCUT2D eigenvalue weighted by atomic mass is 32.2. The number of thioether (sulfide) groups is 2. The Balaban J connectivity index is 1.98. The van der Waals surface area contributed by atoms with Crippen molar-refractivity contribution in [2.75, 3.05) is 23.8 Å². The molecule has 0 amide bonds. The number of hydrogen-bond acceptors (Lipinski definition) is 5. The minimum absolute atomic E-state index is 0.0876. The molecule has 1 saturated heterocycles. The third kappa shape index (κ3) is 4.39. The summed E-state index contributed by atoms with van der Waals surface area (Å²) in [7, 11) is -3.42. The lowest BCUT2D eigenvalue weighted by molar-refractivity contribution is 0.581. The second-order valence-electron chi connectivity index (χ2n) is 4.78. The van der Waals surface area contributed by atoms with E-state index in [0.29, 0.717) is 16.7 Å². The van der Waals surface area contributed by atoms with Gasteiger partial charge in [0.2, 0.25) is 10.0 Å².